The summed E-state index contributed by atoms with van der Waals surface area (Å²) in [5.74, 6) is 0. The number of benzene rings is 1. The maximum atomic E-state index is 6.43. The Morgan fingerprint density at radius 3 is 2.96 bits per heavy atom. The highest BCUT2D eigenvalue weighted by Crippen LogP contribution is 2.29. The molecule has 0 saturated carbocycles. The molecular weight excluding hydrogens is 334 g/mol. The first-order valence-corrected chi connectivity index (χ1v) is 8.83. The van der Waals surface area contributed by atoms with Gasteiger partial charge >= 0.3 is 0 Å². The maximum Gasteiger partial charge on any atom is 0.0939 e. The molecule has 3 heterocycles. The molecule has 1 unspecified atom stereocenters. The zero-order chi connectivity index (χ0) is 17.1. The van der Waals surface area contributed by atoms with Crippen LogP contribution in [-0.2, 0) is 6.54 Å². The van der Waals surface area contributed by atoms with E-state index < -0.39 is 0 Å². The smallest absolute Gasteiger partial charge is 0.0939 e. The molecule has 0 amide bonds. The van der Waals surface area contributed by atoms with E-state index in [9.17, 15) is 0 Å². The average molecular weight is 354 g/mol. The summed E-state index contributed by atoms with van der Waals surface area (Å²) < 4.78 is 0. The number of H-pyrrole nitrogens is 1. The van der Waals surface area contributed by atoms with Crippen molar-refractivity contribution in [3.63, 3.8) is 0 Å². The zero-order valence-corrected chi connectivity index (χ0v) is 14.6. The normalized spacial score (nSPS) is 18.4. The van der Waals surface area contributed by atoms with Crippen molar-refractivity contribution in [1.29, 1.82) is 0 Å². The average Bonchev–Trinajstić information content (AvgIpc) is 3.12. The minimum absolute atomic E-state index is 0.257. The molecule has 0 spiro atoms. The second kappa shape index (κ2) is 7.35. The molecule has 128 valence electrons. The molecule has 1 fully saturated rings. The summed E-state index contributed by atoms with van der Waals surface area (Å²) >= 11 is 6.43. The Labute approximate surface area is 152 Å². The summed E-state index contributed by atoms with van der Waals surface area (Å²) in [4.78, 5) is 6.60. The SMILES string of the molecule is Clc1ccccc1C1CNCCN1Cc1cc(-c2cccnc2)n[nH]1. The van der Waals surface area contributed by atoms with Crippen LogP contribution in [0, 0.1) is 0 Å². The lowest BCUT2D eigenvalue weighted by Crippen LogP contribution is -2.45. The lowest BCUT2D eigenvalue weighted by molar-refractivity contribution is 0.152. The summed E-state index contributed by atoms with van der Waals surface area (Å²) in [5.41, 5.74) is 4.21. The number of halogens is 1. The van der Waals surface area contributed by atoms with Crippen molar-refractivity contribution in [2.24, 2.45) is 0 Å². The van der Waals surface area contributed by atoms with Crippen molar-refractivity contribution >= 4 is 11.6 Å². The van der Waals surface area contributed by atoms with Crippen LogP contribution in [-0.4, -0.2) is 39.7 Å². The Bertz CT molecular complexity index is 833. The van der Waals surface area contributed by atoms with Gasteiger partial charge in [0.1, 0.15) is 0 Å². The third-order valence-corrected chi connectivity index (χ3v) is 4.92. The monoisotopic (exact) mass is 353 g/mol. The number of hydrogen-bond acceptors (Lipinski definition) is 4. The summed E-state index contributed by atoms with van der Waals surface area (Å²) in [6, 6.07) is 14.4. The van der Waals surface area contributed by atoms with E-state index in [2.05, 4.69) is 37.5 Å². The molecule has 1 aliphatic heterocycles. The molecule has 5 nitrogen and oxygen atoms in total. The number of piperazine rings is 1. The molecule has 1 aromatic carbocycles. The van der Waals surface area contributed by atoms with Crippen LogP contribution in [0.3, 0.4) is 0 Å². The van der Waals surface area contributed by atoms with Gasteiger partial charge in [-0.05, 0) is 29.8 Å². The van der Waals surface area contributed by atoms with Gasteiger partial charge in [-0.1, -0.05) is 29.8 Å². The molecule has 0 radical (unpaired) electrons. The van der Waals surface area contributed by atoms with Crippen LogP contribution in [0.15, 0.2) is 54.9 Å². The lowest BCUT2D eigenvalue weighted by Gasteiger charge is -2.36. The highest BCUT2D eigenvalue weighted by Gasteiger charge is 2.25. The fourth-order valence-electron chi connectivity index (χ4n) is 3.31. The van der Waals surface area contributed by atoms with E-state index in [1.807, 2.05) is 36.5 Å². The van der Waals surface area contributed by atoms with E-state index >= 15 is 0 Å². The van der Waals surface area contributed by atoms with Crippen molar-refractivity contribution < 1.29 is 0 Å². The van der Waals surface area contributed by atoms with E-state index in [1.165, 1.54) is 5.56 Å². The topological polar surface area (TPSA) is 56.8 Å². The third kappa shape index (κ3) is 3.58. The predicted octanol–water partition coefficient (Wildman–Crippen LogP) is 3.27. The molecule has 1 aliphatic rings. The number of hydrogen-bond donors (Lipinski definition) is 2. The minimum Gasteiger partial charge on any atom is -0.314 e. The van der Waals surface area contributed by atoms with Gasteiger partial charge < -0.3 is 5.32 Å². The predicted molar refractivity (Wildman–Crippen MR) is 99.3 cm³/mol. The van der Waals surface area contributed by atoms with E-state index in [1.54, 1.807) is 6.20 Å². The van der Waals surface area contributed by atoms with Crippen LogP contribution in [0.25, 0.3) is 11.3 Å². The highest BCUT2D eigenvalue weighted by atomic mass is 35.5. The Hall–Kier alpha value is -2.21. The van der Waals surface area contributed by atoms with Gasteiger partial charge in [-0.2, -0.15) is 5.10 Å². The Morgan fingerprint density at radius 2 is 2.12 bits per heavy atom. The van der Waals surface area contributed by atoms with E-state index in [0.717, 1.165) is 48.2 Å². The maximum absolute atomic E-state index is 6.43. The van der Waals surface area contributed by atoms with E-state index in [4.69, 9.17) is 11.6 Å². The summed E-state index contributed by atoms with van der Waals surface area (Å²) in [6.45, 7) is 3.65. The molecule has 25 heavy (non-hydrogen) atoms. The number of aromatic nitrogens is 3. The van der Waals surface area contributed by atoms with Gasteiger partial charge in [0.15, 0.2) is 0 Å². The molecule has 3 aromatic rings. The second-order valence-corrected chi connectivity index (χ2v) is 6.64. The molecular formula is C19H20ClN5. The van der Waals surface area contributed by atoms with Crippen LogP contribution in [0.5, 0.6) is 0 Å². The molecule has 6 heteroatoms. The molecule has 0 aliphatic carbocycles. The van der Waals surface area contributed by atoms with Gasteiger partial charge in [0, 0.05) is 60.9 Å². The number of nitrogens with one attached hydrogen (secondary N) is 2. The largest absolute Gasteiger partial charge is 0.314 e. The Kier molecular flexibility index (Phi) is 4.78. The zero-order valence-electron chi connectivity index (χ0n) is 13.8. The molecule has 0 bridgehead atoms. The highest BCUT2D eigenvalue weighted by molar-refractivity contribution is 6.31. The van der Waals surface area contributed by atoms with Crippen molar-refractivity contribution in [1.82, 2.24) is 25.4 Å². The molecule has 2 N–H and O–H groups in total. The van der Waals surface area contributed by atoms with Crippen molar-refractivity contribution in [2.45, 2.75) is 12.6 Å². The Morgan fingerprint density at radius 1 is 1.20 bits per heavy atom. The molecule has 4 rings (SSSR count). The van der Waals surface area contributed by atoms with Gasteiger partial charge in [0.2, 0.25) is 0 Å². The van der Waals surface area contributed by atoms with Gasteiger partial charge in [-0.25, -0.2) is 0 Å². The van der Waals surface area contributed by atoms with Crippen molar-refractivity contribution in [3.8, 4) is 11.3 Å². The van der Waals surface area contributed by atoms with E-state index in [0.29, 0.717) is 0 Å². The summed E-state index contributed by atoms with van der Waals surface area (Å²) in [7, 11) is 0. The van der Waals surface area contributed by atoms with Gasteiger partial charge in [0.05, 0.1) is 5.69 Å². The molecule has 2 aromatic heterocycles. The quantitative estimate of drug-likeness (QED) is 0.755. The first kappa shape index (κ1) is 16.3. The number of aromatic amines is 1. The van der Waals surface area contributed by atoms with E-state index in [-0.39, 0.29) is 6.04 Å². The lowest BCUT2D eigenvalue weighted by atomic mass is 10.0. The molecule has 1 saturated heterocycles. The third-order valence-electron chi connectivity index (χ3n) is 4.58. The van der Waals surface area contributed by atoms with Gasteiger partial charge in [0.25, 0.3) is 0 Å². The standard InChI is InChI=1S/C19H20ClN5/c20-17-6-2-1-5-16(17)19-12-22-8-9-25(19)13-15-10-18(24-23-15)14-4-3-7-21-11-14/h1-7,10-11,19,22H,8-9,12-13H2,(H,23,24). The first-order valence-electron chi connectivity index (χ1n) is 8.45. The first-order chi connectivity index (χ1) is 12.3. The second-order valence-electron chi connectivity index (χ2n) is 6.23. The fourth-order valence-corrected chi connectivity index (χ4v) is 3.57. The van der Waals surface area contributed by atoms with Crippen molar-refractivity contribution in [2.75, 3.05) is 19.6 Å². The summed E-state index contributed by atoms with van der Waals surface area (Å²) in [6.07, 6.45) is 3.60. The van der Waals surface area contributed by atoms with Gasteiger partial charge in [-0.15, -0.1) is 0 Å². The summed E-state index contributed by atoms with van der Waals surface area (Å²) in [5, 5.41) is 11.9. The van der Waals surface area contributed by atoms with Gasteiger partial charge in [-0.3, -0.25) is 15.0 Å². The fraction of sp³-hybridized carbons (Fsp3) is 0.263. The van der Waals surface area contributed by atoms with Crippen LogP contribution in [0.4, 0.5) is 0 Å². The van der Waals surface area contributed by atoms with Crippen molar-refractivity contribution in [3.05, 3.63) is 71.1 Å². The number of pyridine rings is 1. The Balaban J connectivity index is 1.55. The minimum atomic E-state index is 0.257. The number of rotatable bonds is 4. The molecule has 1 atom stereocenters. The van der Waals surface area contributed by atoms with Crippen LogP contribution < -0.4 is 5.32 Å². The van der Waals surface area contributed by atoms with Crippen LogP contribution in [0.1, 0.15) is 17.3 Å². The number of nitrogens with zero attached hydrogens (tertiary/aromatic N) is 3. The van der Waals surface area contributed by atoms with Crippen LogP contribution >= 0.6 is 11.6 Å². The van der Waals surface area contributed by atoms with Crippen LogP contribution in [0.2, 0.25) is 5.02 Å².